The normalized spacial score (nSPS) is 16.9. The summed E-state index contributed by atoms with van der Waals surface area (Å²) in [5.41, 5.74) is 16.5. The molecule has 2 aromatic heterocycles. The highest BCUT2D eigenvalue weighted by Crippen LogP contribution is 2.53. The van der Waals surface area contributed by atoms with Crippen molar-refractivity contribution in [1.82, 2.24) is 9.97 Å². The molecular weight excluding hydrogens is 685 g/mol. The molecule has 2 aliphatic heterocycles. The fraction of sp³-hybridized carbons (Fsp3) is 0.196. The third-order valence-corrected chi connectivity index (χ3v) is 12.4. The predicted molar refractivity (Wildman–Crippen MR) is 226 cm³/mol. The Morgan fingerprint density at radius 1 is 0.625 bits per heavy atom. The lowest BCUT2D eigenvalue weighted by molar-refractivity contribution is 0.326. The van der Waals surface area contributed by atoms with Gasteiger partial charge in [-0.15, -0.1) is 0 Å². The van der Waals surface area contributed by atoms with Gasteiger partial charge < -0.3 is 4.74 Å². The van der Waals surface area contributed by atoms with Crippen LogP contribution in [0.3, 0.4) is 0 Å². The molecule has 1 atom stereocenters. The van der Waals surface area contributed by atoms with Crippen molar-refractivity contribution in [3.8, 4) is 34.0 Å². The van der Waals surface area contributed by atoms with Crippen molar-refractivity contribution in [3.63, 3.8) is 0 Å². The van der Waals surface area contributed by atoms with Crippen molar-refractivity contribution in [2.45, 2.75) is 57.8 Å². The topological polar surface area (TPSA) is 50.6 Å². The number of pyridine rings is 2. The molecule has 0 amide bonds. The molecule has 0 saturated heterocycles. The van der Waals surface area contributed by atoms with Crippen LogP contribution in [0, 0.1) is 5.41 Å². The molecule has 0 saturated carbocycles. The van der Waals surface area contributed by atoms with Crippen LogP contribution in [0.5, 0.6) is 11.6 Å². The van der Waals surface area contributed by atoms with Crippen molar-refractivity contribution in [2.24, 2.45) is 10.4 Å². The maximum Gasteiger partial charge on any atom is 0.219 e. The highest BCUT2D eigenvalue weighted by atomic mass is 16.5. The second-order valence-corrected chi connectivity index (χ2v) is 17.2. The number of ether oxygens (including phenoxy) is 1. The number of para-hydroxylation sites is 1. The molecule has 0 N–H and O–H groups in total. The van der Waals surface area contributed by atoms with Crippen molar-refractivity contribution < 1.29 is 4.74 Å². The molecule has 4 heterocycles. The smallest absolute Gasteiger partial charge is 0.219 e. The predicted octanol–water partition coefficient (Wildman–Crippen LogP) is 12.1. The van der Waals surface area contributed by atoms with Crippen LogP contribution in [-0.4, -0.2) is 15.8 Å². The molecule has 1 spiro atoms. The first-order valence-corrected chi connectivity index (χ1v) is 19.8. The van der Waals surface area contributed by atoms with Gasteiger partial charge >= 0.3 is 0 Å². The van der Waals surface area contributed by atoms with Gasteiger partial charge in [-0.25, -0.2) is 15.0 Å². The number of benzene rings is 5. The Bertz CT molecular complexity index is 2730. The zero-order valence-corrected chi connectivity index (χ0v) is 32.0. The molecule has 1 unspecified atom stereocenters. The molecule has 4 aliphatic rings. The van der Waals surface area contributed by atoms with Crippen molar-refractivity contribution in [1.29, 1.82) is 0 Å². The number of hydrogen-bond donors (Lipinski definition) is 0. The zero-order chi connectivity index (χ0) is 37.6. The van der Waals surface area contributed by atoms with E-state index in [0.29, 0.717) is 17.0 Å². The van der Waals surface area contributed by atoms with Crippen LogP contribution in [0.25, 0.3) is 22.4 Å². The number of fused-ring (bicyclic) bond motifs is 7. The third kappa shape index (κ3) is 5.48. The van der Waals surface area contributed by atoms with Gasteiger partial charge in [0.15, 0.2) is 0 Å². The van der Waals surface area contributed by atoms with Crippen LogP contribution >= 0.6 is 0 Å². The molecule has 5 nitrogen and oxygen atoms in total. The van der Waals surface area contributed by atoms with Crippen LogP contribution in [0.2, 0.25) is 0 Å². The van der Waals surface area contributed by atoms with Gasteiger partial charge in [-0.05, 0) is 123 Å². The van der Waals surface area contributed by atoms with E-state index in [1.807, 2.05) is 18.3 Å². The molecular formula is C51H42N4O. The number of anilines is 2. The molecule has 0 bridgehead atoms. The van der Waals surface area contributed by atoms with E-state index in [0.717, 1.165) is 40.7 Å². The van der Waals surface area contributed by atoms with Crippen molar-refractivity contribution in [2.75, 3.05) is 4.90 Å². The van der Waals surface area contributed by atoms with E-state index in [-0.39, 0.29) is 11.3 Å². The van der Waals surface area contributed by atoms with Crippen molar-refractivity contribution >= 4 is 23.0 Å². The molecule has 272 valence electrons. The molecule has 0 radical (unpaired) electrons. The minimum absolute atomic E-state index is 0.0192. The molecule has 5 aromatic carbocycles. The van der Waals surface area contributed by atoms with E-state index in [1.54, 1.807) is 0 Å². The average Bonchev–Trinajstić information content (AvgIpc) is 3.95. The van der Waals surface area contributed by atoms with E-state index in [4.69, 9.17) is 19.7 Å². The minimum Gasteiger partial charge on any atom is -0.439 e. The van der Waals surface area contributed by atoms with Gasteiger partial charge in [-0.1, -0.05) is 112 Å². The molecule has 5 heteroatoms. The maximum atomic E-state index is 6.56. The van der Waals surface area contributed by atoms with Crippen LogP contribution in [-0.2, 0) is 31.1 Å². The van der Waals surface area contributed by atoms with Gasteiger partial charge in [-0.3, -0.25) is 4.90 Å². The molecule has 11 rings (SSSR count). The Morgan fingerprint density at radius 2 is 1.36 bits per heavy atom. The van der Waals surface area contributed by atoms with E-state index < -0.39 is 0 Å². The lowest BCUT2D eigenvalue weighted by atomic mass is 9.82. The summed E-state index contributed by atoms with van der Waals surface area (Å²) >= 11 is 0. The second kappa shape index (κ2) is 12.3. The summed E-state index contributed by atoms with van der Waals surface area (Å²) in [6.07, 6.45) is 6.59. The Balaban J connectivity index is 0.880. The van der Waals surface area contributed by atoms with Gasteiger partial charge in [0.2, 0.25) is 5.88 Å². The lowest BCUT2D eigenvalue weighted by Crippen LogP contribution is -2.24. The monoisotopic (exact) mass is 726 g/mol. The first-order valence-electron chi connectivity index (χ1n) is 19.8. The highest BCUT2D eigenvalue weighted by Gasteiger charge is 2.43. The maximum absolute atomic E-state index is 6.56. The Labute approximate surface area is 328 Å². The standard InChI is InChI=1S/C51H42N4O/c1-50(2,3)39-22-23-52-46(26-39)55-45-27-40(20-21-42(45)48-41-14-6-7-15-44(41)54-49(48)55)56-47-17-9-16-43(53-47)34-13-8-12-32(24-34)33-18-19-37-30-51(31-38(37)25-33)28-35-10-4-5-11-36(35)29-51/h4-27,48H,28-31H2,1-3H3. The minimum atomic E-state index is -0.0192. The van der Waals surface area contributed by atoms with E-state index >= 15 is 0 Å². The summed E-state index contributed by atoms with van der Waals surface area (Å²) in [6.45, 7) is 6.70. The number of amidine groups is 1. The second-order valence-electron chi connectivity index (χ2n) is 17.2. The Hall–Kier alpha value is -6.33. The van der Waals surface area contributed by atoms with Crippen LogP contribution in [0.1, 0.15) is 65.6 Å². The largest absolute Gasteiger partial charge is 0.439 e. The Kier molecular flexibility index (Phi) is 7.28. The summed E-state index contributed by atoms with van der Waals surface area (Å²) in [4.78, 5) is 17.3. The number of aliphatic imine (C=N–C) groups is 1. The van der Waals surface area contributed by atoms with Gasteiger partial charge in [0.25, 0.3) is 0 Å². The van der Waals surface area contributed by atoms with E-state index in [2.05, 4.69) is 153 Å². The third-order valence-electron chi connectivity index (χ3n) is 12.4. The molecule has 56 heavy (non-hydrogen) atoms. The van der Waals surface area contributed by atoms with E-state index in [9.17, 15) is 0 Å². The molecule has 7 aromatic rings. The number of aromatic nitrogens is 2. The summed E-state index contributed by atoms with van der Waals surface area (Å²) in [7, 11) is 0. The summed E-state index contributed by atoms with van der Waals surface area (Å²) < 4.78 is 6.56. The van der Waals surface area contributed by atoms with Gasteiger partial charge in [0.05, 0.1) is 23.0 Å². The highest BCUT2D eigenvalue weighted by molar-refractivity contribution is 6.18. The van der Waals surface area contributed by atoms with Crippen LogP contribution < -0.4 is 9.64 Å². The average molecular weight is 727 g/mol. The molecule has 2 aliphatic carbocycles. The first kappa shape index (κ1) is 33.0. The summed E-state index contributed by atoms with van der Waals surface area (Å²) in [6, 6.07) is 50.0. The number of rotatable bonds is 5. The van der Waals surface area contributed by atoms with Crippen LogP contribution in [0.4, 0.5) is 17.2 Å². The number of nitrogens with zero attached hydrogens (tertiary/aromatic N) is 4. The Morgan fingerprint density at radius 3 is 2.20 bits per heavy atom. The fourth-order valence-corrected chi connectivity index (χ4v) is 9.69. The quantitative estimate of drug-likeness (QED) is 0.177. The fourth-order valence-electron chi connectivity index (χ4n) is 9.69. The SMILES string of the molecule is CC(C)(C)c1ccnc(N2C3=Nc4ccccc4C3c3ccc(Oc4cccc(-c5cccc(-c6ccc7c(c6)CC6(Cc8ccccc8C6)C7)c5)n4)cc32)c1. The summed E-state index contributed by atoms with van der Waals surface area (Å²) in [5, 5.41) is 0. The van der Waals surface area contributed by atoms with Crippen molar-refractivity contribution in [3.05, 3.63) is 185 Å². The summed E-state index contributed by atoms with van der Waals surface area (Å²) in [5.74, 6) is 3.14. The van der Waals surface area contributed by atoms with Gasteiger partial charge in [0, 0.05) is 23.9 Å². The van der Waals surface area contributed by atoms with Gasteiger partial charge in [0.1, 0.15) is 17.4 Å². The number of hydrogen-bond acceptors (Lipinski definition) is 5. The van der Waals surface area contributed by atoms with Gasteiger partial charge in [-0.2, -0.15) is 0 Å². The van der Waals surface area contributed by atoms with E-state index in [1.165, 1.54) is 69.3 Å². The molecule has 0 fully saturated rings. The lowest BCUT2D eigenvalue weighted by Gasteiger charge is -2.24. The van der Waals surface area contributed by atoms with Crippen LogP contribution in [0.15, 0.2) is 151 Å². The first-order chi connectivity index (χ1) is 27.3. The zero-order valence-electron chi connectivity index (χ0n) is 32.0.